The number of likely N-dealkylation sites (N-methyl/N-ethyl adjacent to an activating group) is 1. The molecule has 0 radical (unpaired) electrons. The van der Waals surface area contributed by atoms with E-state index in [0.717, 1.165) is 0 Å². The molecule has 0 aliphatic carbocycles. The van der Waals surface area contributed by atoms with Crippen molar-refractivity contribution < 1.29 is 9.53 Å². The number of esters is 1. The molecule has 0 amide bonds. The first-order chi connectivity index (χ1) is 5.59. The van der Waals surface area contributed by atoms with Crippen LogP contribution < -0.4 is 0 Å². The second-order valence-corrected chi connectivity index (χ2v) is 2.87. The van der Waals surface area contributed by atoms with Crippen molar-refractivity contribution in [3.63, 3.8) is 0 Å². The fourth-order valence-corrected chi connectivity index (χ4v) is 0.823. The molecule has 1 aliphatic rings. The topological polar surface area (TPSA) is 41.9 Å². The monoisotopic (exact) mass is 168 g/mol. The van der Waals surface area contributed by atoms with Crippen LogP contribution in [0, 0.1) is 0 Å². The molecule has 4 heteroatoms. The number of ether oxygens (including phenoxy) is 1. The van der Waals surface area contributed by atoms with E-state index >= 15 is 0 Å². The molecule has 0 saturated heterocycles. The second kappa shape index (κ2) is 3.49. The van der Waals surface area contributed by atoms with Gasteiger partial charge in [0.25, 0.3) is 0 Å². The molecule has 0 N–H and O–H groups in total. The molecule has 0 spiro atoms. The summed E-state index contributed by atoms with van der Waals surface area (Å²) in [6.07, 6.45) is 1.75. The zero-order valence-corrected chi connectivity index (χ0v) is 7.50. The summed E-state index contributed by atoms with van der Waals surface area (Å²) < 4.78 is 4.73. The number of carbonyl (C=O) groups excluding carboxylic acids is 1. The van der Waals surface area contributed by atoms with Crippen LogP contribution in [0.2, 0.25) is 0 Å². The van der Waals surface area contributed by atoms with E-state index in [0.29, 0.717) is 18.1 Å². The van der Waals surface area contributed by atoms with Gasteiger partial charge in [0, 0.05) is 13.5 Å². The van der Waals surface area contributed by atoms with Gasteiger partial charge >= 0.3 is 5.97 Å². The zero-order valence-electron chi connectivity index (χ0n) is 7.50. The standard InChI is InChI=1S/C8H12N2O2/c1-6-9-7(8(11)12-6)4-5-10(2)3/h4H,5H2,1-3H3/b7-4+. The van der Waals surface area contributed by atoms with Crippen LogP contribution in [0.1, 0.15) is 6.92 Å². The fourth-order valence-electron chi connectivity index (χ4n) is 0.823. The highest BCUT2D eigenvalue weighted by Gasteiger charge is 2.18. The van der Waals surface area contributed by atoms with Gasteiger partial charge in [0.2, 0.25) is 0 Å². The minimum atomic E-state index is -0.352. The molecule has 4 nitrogen and oxygen atoms in total. The highest BCUT2D eigenvalue weighted by atomic mass is 16.6. The van der Waals surface area contributed by atoms with Crippen molar-refractivity contribution in [3.8, 4) is 0 Å². The number of cyclic esters (lactones) is 1. The first kappa shape index (κ1) is 8.93. The molecule has 0 aromatic rings. The highest BCUT2D eigenvalue weighted by Crippen LogP contribution is 2.09. The molecule has 12 heavy (non-hydrogen) atoms. The normalized spacial score (nSPS) is 20.2. The summed E-state index contributed by atoms with van der Waals surface area (Å²) in [6.45, 7) is 2.36. The molecular formula is C8H12N2O2. The molecule has 0 aromatic heterocycles. The van der Waals surface area contributed by atoms with E-state index in [1.807, 2.05) is 19.0 Å². The lowest BCUT2D eigenvalue weighted by atomic mass is 10.4. The van der Waals surface area contributed by atoms with Crippen molar-refractivity contribution in [3.05, 3.63) is 11.8 Å². The van der Waals surface area contributed by atoms with E-state index in [1.54, 1.807) is 13.0 Å². The molecule has 0 aromatic carbocycles. The van der Waals surface area contributed by atoms with E-state index in [1.165, 1.54) is 0 Å². The molecule has 1 aliphatic heterocycles. The number of rotatable bonds is 2. The third-order valence-corrected chi connectivity index (χ3v) is 1.38. The minimum absolute atomic E-state index is 0.352. The first-order valence-electron chi connectivity index (χ1n) is 3.72. The summed E-state index contributed by atoms with van der Waals surface area (Å²) in [5.41, 5.74) is 0.404. The maximum absolute atomic E-state index is 11.0. The Morgan fingerprint density at radius 1 is 1.58 bits per heavy atom. The number of aliphatic imine (C=N–C) groups is 1. The van der Waals surface area contributed by atoms with Crippen LogP contribution in [0.15, 0.2) is 16.8 Å². The van der Waals surface area contributed by atoms with Crippen molar-refractivity contribution in [2.45, 2.75) is 6.92 Å². The third-order valence-electron chi connectivity index (χ3n) is 1.38. The summed E-state index contributed by atoms with van der Waals surface area (Å²) in [7, 11) is 3.85. The number of hydrogen-bond acceptors (Lipinski definition) is 4. The van der Waals surface area contributed by atoms with Crippen molar-refractivity contribution in [2.24, 2.45) is 4.99 Å². The van der Waals surface area contributed by atoms with E-state index in [4.69, 9.17) is 4.74 Å². The molecule has 66 valence electrons. The van der Waals surface area contributed by atoms with Crippen LogP contribution in [-0.2, 0) is 9.53 Å². The largest absolute Gasteiger partial charge is 0.407 e. The van der Waals surface area contributed by atoms with Crippen molar-refractivity contribution in [1.29, 1.82) is 0 Å². The Balaban J connectivity index is 2.63. The maximum Gasteiger partial charge on any atom is 0.363 e. The Kier molecular flexibility index (Phi) is 2.60. The Bertz CT molecular complexity index is 254. The molecule has 0 unspecified atom stereocenters. The van der Waals surface area contributed by atoms with Crippen LogP contribution in [0.3, 0.4) is 0 Å². The zero-order chi connectivity index (χ0) is 9.14. The van der Waals surface area contributed by atoms with Gasteiger partial charge in [-0.3, -0.25) is 0 Å². The van der Waals surface area contributed by atoms with Gasteiger partial charge in [-0.25, -0.2) is 9.79 Å². The molecule has 1 heterocycles. The van der Waals surface area contributed by atoms with Crippen LogP contribution in [-0.4, -0.2) is 37.4 Å². The molecular weight excluding hydrogens is 156 g/mol. The Morgan fingerprint density at radius 3 is 2.67 bits per heavy atom. The minimum Gasteiger partial charge on any atom is -0.407 e. The first-order valence-corrected chi connectivity index (χ1v) is 3.72. The van der Waals surface area contributed by atoms with Gasteiger partial charge in [0.1, 0.15) is 5.70 Å². The Labute approximate surface area is 71.5 Å². The van der Waals surface area contributed by atoms with Crippen molar-refractivity contribution in [1.82, 2.24) is 4.90 Å². The summed E-state index contributed by atoms with van der Waals surface area (Å²) in [6, 6.07) is 0. The van der Waals surface area contributed by atoms with Crippen molar-refractivity contribution in [2.75, 3.05) is 20.6 Å². The Morgan fingerprint density at radius 2 is 2.25 bits per heavy atom. The van der Waals surface area contributed by atoms with E-state index < -0.39 is 0 Å². The lowest BCUT2D eigenvalue weighted by molar-refractivity contribution is -0.130. The quantitative estimate of drug-likeness (QED) is 0.443. The number of carbonyl (C=O) groups is 1. The predicted octanol–water partition coefficient (Wildman–Crippen LogP) is 0.407. The van der Waals surface area contributed by atoms with Gasteiger partial charge in [-0.15, -0.1) is 0 Å². The summed E-state index contributed by atoms with van der Waals surface area (Å²) in [5.74, 6) is 0.0688. The second-order valence-electron chi connectivity index (χ2n) is 2.87. The van der Waals surface area contributed by atoms with E-state index in [2.05, 4.69) is 4.99 Å². The molecule has 0 bridgehead atoms. The van der Waals surface area contributed by atoms with Crippen LogP contribution >= 0.6 is 0 Å². The predicted molar refractivity (Wildman–Crippen MR) is 45.8 cm³/mol. The molecule has 1 rings (SSSR count). The number of hydrogen-bond donors (Lipinski definition) is 0. The van der Waals surface area contributed by atoms with E-state index in [9.17, 15) is 4.79 Å². The highest BCUT2D eigenvalue weighted by molar-refractivity contribution is 6.03. The SMILES string of the molecule is CC1=N/C(=C/CN(C)C)C(=O)O1. The van der Waals surface area contributed by atoms with E-state index in [-0.39, 0.29) is 5.97 Å². The smallest absolute Gasteiger partial charge is 0.363 e. The van der Waals surface area contributed by atoms with Gasteiger partial charge < -0.3 is 9.64 Å². The average molecular weight is 168 g/mol. The van der Waals surface area contributed by atoms with Gasteiger partial charge in [-0.2, -0.15) is 0 Å². The van der Waals surface area contributed by atoms with Crippen LogP contribution in [0.25, 0.3) is 0 Å². The molecule has 0 saturated carbocycles. The van der Waals surface area contributed by atoms with Gasteiger partial charge in [-0.05, 0) is 20.2 Å². The Hall–Kier alpha value is -1.16. The maximum atomic E-state index is 11.0. The lowest BCUT2D eigenvalue weighted by Crippen LogP contribution is -2.12. The average Bonchev–Trinajstić information content (AvgIpc) is 2.26. The van der Waals surface area contributed by atoms with Gasteiger partial charge in [0.05, 0.1) is 0 Å². The number of nitrogens with zero attached hydrogens (tertiary/aromatic N) is 2. The summed E-state index contributed by atoms with van der Waals surface area (Å²) >= 11 is 0. The lowest BCUT2D eigenvalue weighted by Gasteiger charge is -2.03. The van der Waals surface area contributed by atoms with Crippen LogP contribution in [0.4, 0.5) is 0 Å². The van der Waals surface area contributed by atoms with Crippen LogP contribution in [0.5, 0.6) is 0 Å². The molecule has 0 fully saturated rings. The van der Waals surface area contributed by atoms with Gasteiger partial charge in [-0.1, -0.05) is 0 Å². The molecule has 0 atom stereocenters. The summed E-state index contributed by atoms with van der Waals surface area (Å²) in [5, 5.41) is 0. The fraction of sp³-hybridized carbons (Fsp3) is 0.500. The van der Waals surface area contributed by atoms with Crippen molar-refractivity contribution >= 4 is 11.9 Å². The third kappa shape index (κ3) is 2.17. The summed E-state index contributed by atoms with van der Waals surface area (Å²) in [4.78, 5) is 16.8. The van der Waals surface area contributed by atoms with Gasteiger partial charge in [0.15, 0.2) is 5.90 Å².